The lowest BCUT2D eigenvalue weighted by Crippen LogP contribution is -2.22. The number of nitrogens with one attached hydrogen (secondary N) is 2. The summed E-state index contributed by atoms with van der Waals surface area (Å²) in [5, 5.41) is 10.0. The molecule has 0 aliphatic carbocycles. The van der Waals surface area contributed by atoms with Crippen molar-refractivity contribution >= 4 is 23.5 Å². The molecule has 0 spiro atoms. The number of nitrogens with zero attached hydrogens (tertiary/aromatic N) is 3. The van der Waals surface area contributed by atoms with Gasteiger partial charge < -0.3 is 14.8 Å². The van der Waals surface area contributed by atoms with E-state index in [1.165, 1.54) is 12.1 Å². The van der Waals surface area contributed by atoms with Gasteiger partial charge in [0.15, 0.2) is 0 Å². The number of halogens is 1. The molecule has 9 nitrogen and oxygen atoms in total. The number of carbonyl (C=O) groups excluding carboxylic acids is 2. The zero-order valence-corrected chi connectivity index (χ0v) is 23.1. The monoisotopic (exact) mass is 545 g/mol. The summed E-state index contributed by atoms with van der Waals surface area (Å²) in [5.41, 5.74) is 2.68. The van der Waals surface area contributed by atoms with Gasteiger partial charge in [-0.05, 0) is 49.7 Å². The highest BCUT2D eigenvalue weighted by molar-refractivity contribution is 5.99. The Kier molecular flexibility index (Phi) is 8.47. The third-order valence-electron chi connectivity index (χ3n) is 5.85. The predicted molar refractivity (Wildman–Crippen MR) is 151 cm³/mol. The number of aryl methyl sites for hydroxylation is 1. The van der Waals surface area contributed by atoms with Gasteiger partial charge in [0.2, 0.25) is 0 Å². The Morgan fingerprint density at radius 1 is 0.975 bits per heavy atom. The van der Waals surface area contributed by atoms with E-state index in [0.717, 1.165) is 17.0 Å². The van der Waals surface area contributed by atoms with Crippen molar-refractivity contribution < 1.29 is 23.5 Å². The summed E-state index contributed by atoms with van der Waals surface area (Å²) in [5.74, 6) is 0.256. The number of benzene rings is 2. The van der Waals surface area contributed by atoms with Crippen molar-refractivity contribution in [3.8, 4) is 17.2 Å². The molecule has 0 saturated heterocycles. The van der Waals surface area contributed by atoms with Crippen LogP contribution >= 0.6 is 0 Å². The van der Waals surface area contributed by atoms with E-state index in [-0.39, 0.29) is 29.2 Å². The van der Waals surface area contributed by atoms with Crippen LogP contribution in [0.5, 0.6) is 11.5 Å². The molecular weight excluding hydrogens is 513 g/mol. The molecule has 2 heterocycles. The summed E-state index contributed by atoms with van der Waals surface area (Å²) >= 11 is 0. The average molecular weight is 546 g/mol. The second-order valence-corrected chi connectivity index (χ2v) is 10.2. The second kappa shape index (κ2) is 12.0. The largest absolute Gasteiger partial charge is 0.466 e. The molecule has 0 fully saturated rings. The van der Waals surface area contributed by atoms with Crippen molar-refractivity contribution in [2.75, 3.05) is 17.2 Å². The zero-order valence-electron chi connectivity index (χ0n) is 23.1. The number of esters is 1. The van der Waals surface area contributed by atoms with Gasteiger partial charge in [-0.1, -0.05) is 32.9 Å². The Morgan fingerprint density at radius 2 is 1.70 bits per heavy atom. The minimum Gasteiger partial charge on any atom is -0.466 e. The molecule has 0 saturated carbocycles. The van der Waals surface area contributed by atoms with Crippen LogP contribution in [0.4, 0.5) is 20.7 Å². The first-order valence-electron chi connectivity index (χ1n) is 12.9. The minimum absolute atomic E-state index is 0.0128. The fraction of sp³-hybridized carbons (Fsp3) is 0.267. The lowest BCUT2D eigenvalue weighted by molar-refractivity contribution is -0.142. The first-order chi connectivity index (χ1) is 19.0. The van der Waals surface area contributed by atoms with Gasteiger partial charge in [0.05, 0.1) is 30.1 Å². The van der Waals surface area contributed by atoms with E-state index in [1.54, 1.807) is 66.3 Å². The number of anilines is 2. The summed E-state index contributed by atoms with van der Waals surface area (Å²) in [4.78, 5) is 28.8. The number of carbonyl (C=O) groups is 2. The highest BCUT2D eigenvalue weighted by atomic mass is 19.1. The fourth-order valence-corrected chi connectivity index (χ4v) is 3.82. The number of aromatic nitrogens is 3. The molecule has 0 bridgehead atoms. The van der Waals surface area contributed by atoms with E-state index in [1.807, 2.05) is 27.7 Å². The predicted octanol–water partition coefficient (Wildman–Crippen LogP) is 6.55. The van der Waals surface area contributed by atoms with Crippen LogP contribution in [0.25, 0.3) is 5.69 Å². The second-order valence-electron chi connectivity index (χ2n) is 10.2. The van der Waals surface area contributed by atoms with Crippen molar-refractivity contribution in [2.24, 2.45) is 0 Å². The van der Waals surface area contributed by atoms with Crippen LogP contribution in [-0.4, -0.2) is 33.4 Å². The van der Waals surface area contributed by atoms with Crippen LogP contribution in [0, 0.1) is 12.7 Å². The topological polar surface area (TPSA) is 107 Å². The quantitative estimate of drug-likeness (QED) is 0.243. The Morgan fingerprint density at radius 3 is 2.35 bits per heavy atom. The van der Waals surface area contributed by atoms with E-state index in [4.69, 9.17) is 14.6 Å². The lowest BCUT2D eigenvalue weighted by Gasteiger charge is -2.14. The van der Waals surface area contributed by atoms with Gasteiger partial charge >= 0.3 is 12.0 Å². The summed E-state index contributed by atoms with van der Waals surface area (Å²) in [6.45, 7) is 9.95. The highest BCUT2D eigenvalue weighted by Crippen LogP contribution is 2.28. The van der Waals surface area contributed by atoms with E-state index in [9.17, 15) is 14.0 Å². The van der Waals surface area contributed by atoms with Gasteiger partial charge in [-0.15, -0.1) is 0 Å². The summed E-state index contributed by atoms with van der Waals surface area (Å²) in [7, 11) is 0. The molecule has 0 atom stereocenters. The van der Waals surface area contributed by atoms with Crippen molar-refractivity contribution in [1.82, 2.24) is 14.8 Å². The van der Waals surface area contributed by atoms with Crippen LogP contribution < -0.4 is 15.4 Å². The standard InChI is InChI=1S/C30H32FN5O4/c1-6-39-28(37)16-20-7-9-21(10-8-20)36-27(18-26(35-36)30(3,4)5)34-29(38)33-25-12-11-22(17-24(25)31)40-23-13-14-32-19(2)15-23/h7-15,17-18H,6,16H2,1-5H3,(H2,33,34,38). The number of hydrogen-bond donors (Lipinski definition) is 2. The molecule has 2 aromatic carbocycles. The van der Waals surface area contributed by atoms with E-state index in [2.05, 4.69) is 15.6 Å². The molecule has 2 N–H and O–H groups in total. The van der Waals surface area contributed by atoms with Crippen LogP contribution in [0.2, 0.25) is 0 Å². The third kappa shape index (κ3) is 7.22. The molecule has 0 aliphatic rings. The Labute approximate surface area is 232 Å². The van der Waals surface area contributed by atoms with Crippen LogP contribution in [0.1, 0.15) is 44.6 Å². The Hall–Kier alpha value is -4.73. The van der Waals surface area contributed by atoms with Crippen LogP contribution in [-0.2, 0) is 21.4 Å². The molecule has 4 rings (SSSR count). The smallest absolute Gasteiger partial charge is 0.324 e. The molecule has 4 aromatic rings. The van der Waals surface area contributed by atoms with E-state index in [0.29, 0.717) is 23.9 Å². The van der Waals surface area contributed by atoms with Gasteiger partial charge in [0.1, 0.15) is 23.1 Å². The van der Waals surface area contributed by atoms with Gasteiger partial charge in [-0.25, -0.2) is 13.9 Å². The maximum atomic E-state index is 14.8. The minimum atomic E-state index is -0.653. The van der Waals surface area contributed by atoms with Crippen LogP contribution in [0.3, 0.4) is 0 Å². The molecular formula is C30H32FN5O4. The first-order valence-corrected chi connectivity index (χ1v) is 12.9. The molecule has 2 aromatic heterocycles. The van der Waals surface area contributed by atoms with Crippen molar-refractivity contribution in [3.05, 3.63) is 89.6 Å². The SMILES string of the molecule is CCOC(=O)Cc1ccc(-n2nc(C(C)(C)C)cc2NC(=O)Nc2ccc(Oc3ccnc(C)c3)cc2F)cc1. The van der Waals surface area contributed by atoms with Crippen molar-refractivity contribution in [3.63, 3.8) is 0 Å². The number of hydrogen-bond acceptors (Lipinski definition) is 6. The number of urea groups is 1. The molecule has 40 heavy (non-hydrogen) atoms. The first kappa shape index (κ1) is 28.3. The summed E-state index contributed by atoms with van der Waals surface area (Å²) in [6, 6.07) is 16.0. The maximum Gasteiger partial charge on any atom is 0.324 e. The summed E-state index contributed by atoms with van der Waals surface area (Å²) in [6.07, 6.45) is 1.76. The third-order valence-corrected chi connectivity index (χ3v) is 5.85. The van der Waals surface area contributed by atoms with E-state index >= 15 is 0 Å². The molecule has 0 radical (unpaired) electrons. The van der Waals surface area contributed by atoms with Crippen molar-refractivity contribution in [1.29, 1.82) is 0 Å². The number of amides is 2. The number of rotatable bonds is 8. The van der Waals surface area contributed by atoms with Crippen molar-refractivity contribution in [2.45, 2.75) is 46.5 Å². The Bertz CT molecular complexity index is 1510. The Balaban J connectivity index is 1.50. The van der Waals surface area contributed by atoms with E-state index < -0.39 is 11.8 Å². The van der Waals surface area contributed by atoms with Gasteiger partial charge in [0, 0.05) is 35.5 Å². The number of ether oxygens (including phenoxy) is 2. The van der Waals surface area contributed by atoms with Gasteiger partial charge in [-0.2, -0.15) is 5.10 Å². The highest BCUT2D eigenvalue weighted by Gasteiger charge is 2.22. The molecule has 208 valence electrons. The van der Waals surface area contributed by atoms with Gasteiger partial charge in [-0.3, -0.25) is 15.1 Å². The van der Waals surface area contributed by atoms with Crippen LogP contribution in [0.15, 0.2) is 66.9 Å². The summed E-state index contributed by atoms with van der Waals surface area (Å²) < 4.78 is 27.1. The molecule has 0 aliphatic heterocycles. The lowest BCUT2D eigenvalue weighted by atomic mass is 9.92. The van der Waals surface area contributed by atoms with Gasteiger partial charge in [0.25, 0.3) is 0 Å². The zero-order chi connectivity index (χ0) is 28.9. The average Bonchev–Trinajstić information content (AvgIpc) is 3.30. The maximum absolute atomic E-state index is 14.8. The fourth-order valence-electron chi connectivity index (χ4n) is 3.82. The molecule has 10 heteroatoms. The molecule has 2 amide bonds. The molecule has 0 unspecified atom stereocenters. The normalized spacial score (nSPS) is 11.2. The number of pyridine rings is 1.